The Hall–Kier alpha value is -3.11. The first-order valence-corrected chi connectivity index (χ1v) is 9.65. The van der Waals surface area contributed by atoms with Gasteiger partial charge < -0.3 is 9.84 Å². The Morgan fingerprint density at radius 3 is 2.73 bits per heavy atom. The molecule has 3 heterocycles. The van der Waals surface area contributed by atoms with Crippen LogP contribution >= 0.6 is 22.9 Å². The number of pyridine rings is 1. The maximum Gasteiger partial charge on any atom is 0.573 e. The summed E-state index contributed by atoms with van der Waals surface area (Å²) in [4.78, 5) is 17.7. The smallest absolute Gasteiger partial charge is 0.477 e. The van der Waals surface area contributed by atoms with Gasteiger partial charge in [0.1, 0.15) is 12.3 Å². The first-order valence-electron chi connectivity index (χ1n) is 8.45. The third-order valence-corrected chi connectivity index (χ3v) is 5.32. The van der Waals surface area contributed by atoms with Crippen molar-refractivity contribution in [2.75, 3.05) is 0 Å². The lowest BCUT2D eigenvalue weighted by Crippen LogP contribution is -2.43. The van der Waals surface area contributed by atoms with Gasteiger partial charge in [-0.25, -0.2) is 9.78 Å². The first kappa shape index (κ1) is 20.2. The van der Waals surface area contributed by atoms with Crippen molar-refractivity contribution in [1.82, 2.24) is 9.55 Å². The zero-order valence-electron chi connectivity index (χ0n) is 14.9. The number of hydrogen-bond acceptors (Lipinski definition) is 5. The molecule has 4 rings (SSSR count). The van der Waals surface area contributed by atoms with E-state index in [2.05, 4.69) is 9.72 Å². The molecular formula is C19H12ClF3N3O3S+. The van der Waals surface area contributed by atoms with E-state index in [1.807, 2.05) is 0 Å². The monoisotopic (exact) mass is 454 g/mol. The van der Waals surface area contributed by atoms with Gasteiger partial charge in [-0.2, -0.15) is 8.97 Å². The molecule has 0 amide bonds. The fourth-order valence-electron chi connectivity index (χ4n) is 3.06. The summed E-state index contributed by atoms with van der Waals surface area (Å²) < 4.78 is 44.8. The van der Waals surface area contributed by atoms with Crippen LogP contribution in [0.5, 0.6) is 11.6 Å². The summed E-state index contributed by atoms with van der Waals surface area (Å²) in [7, 11) is 0. The van der Waals surface area contributed by atoms with Gasteiger partial charge in [-0.1, -0.05) is 29.8 Å². The van der Waals surface area contributed by atoms with E-state index >= 15 is 0 Å². The predicted octanol–water partition coefficient (Wildman–Crippen LogP) is 4.02. The van der Waals surface area contributed by atoms with Crippen LogP contribution in [-0.2, 0) is 6.54 Å². The Kier molecular flexibility index (Phi) is 5.12. The molecule has 154 valence electrons. The highest BCUT2D eigenvalue weighted by Crippen LogP contribution is 2.31. The number of nitrogens with zero attached hydrogens (tertiary/aromatic N) is 3. The predicted molar refractivity (Wildman–Crippen MR) is 104 cm³/mol. The molecule has 0 saturated carbocycles. The highest BCUT2D eigenvalue weighted by Gasteiger charge is 2.32. The van der Waals surface area contributed by atoms with Gasteiger partial charge in [0.05, 0.1) is 11.1 Å². The molecule has 0 radical (unpaired) electrons. The molecule has 4 aromatic rings. The molecule has 11 heteroatoms. The number of benzene rings is 1. The topological polar surface area (TPSA) is 68.4 Å². The lowest BCUT2D eigenvalue weighted by Gasteiger charge is -2.11. The van der Waals surface area contributed by atoms with E-state index in [1.165, 1.54) is 38.6 Å². The van der Waals surface area contributed by atoms with E-state index in [9.17, 15) is 23.1 Å². The number of ether oxygens (including phenoxy) is 1. The lowest BCUT2D eigenvalue weighted by atomic mass is 10.1. The number of fused-ring (bicyclic) bond motifs is 1. The Bertz CT molecular complexity index is 1300. The molecule has 0 unspecified atom stereocenters. The van der Waals surface area contributed by atoms with Gasteiger partial charge in [0.15, 0.2) is 10.0 Å². The van der Waals surface area contributed by atoms with E-state index in [4.69, 9.17) is 11.6 Å². The number of aromatic hydroxyl groups is 1. The van der Waals surface area contributed by atoms with Crippen LogP contribution in [0.4, 0.5) is 13.2 Å². The second-order valence-corrected chi connectivity index (χ2v) is 7.87. The van der Waals surface area contributed by atoms with Crippen molar-refractivity contribution in [3.8, 4) is 22.8 Å². The molecule has 3 aromatic heterocycles. The largest absolute Gasteiger partial charge is 0.573 e. The molecule has 1 aromatic carbocycles. The summed E-state index contributed by atoms with van der Waals surface area (Å²) in [5.74, 6) is -0.905. The molecule has 0 aliphatic carbocycles. The Balaban J connectivity index is 1.93. The van der Waals surface area contributed by atoms with E-state index in [1.54, 1.807) is 24.4 Å². The summed E-state index contributed by atoms with van der Waals surface area (Å²) in [5, 5.41) is 11.0. The molecule has 0 aliphatic heterocycles. The quantitative estimate of drug-likeness (QED) is 0.473. The molecular weight excluding hydrogens is 443 g/mol. The lowest BCUT2D eigenvalue weighted by molar-refractivity contribution is -0.532. The van der Waals surface area contributed by atoms with Gasteiger partial charge in [0, 0.05) is 17.8 Å². The van der Waals surface area contributed by atoms with Gasteiger partial charge in [0.25, 0.3) is 11.5 Å². The maximum atomic E-state index is 13.1. The van der Waals surface area contributed by atoms with E-state index < -0.39 is 23.6 Å². The normalized spacial score (nSPS) is 11.7. The van der Waals surface area contributed by atoms with Gasteiger partial charge in [0.2, 0.25) is 0 Å². The van der Waals surface area contributed by atoms with Crippen LogP contribution in [0.1, 0.15) is 4.88 Å². The zero-order chi connectivity index (χ0) is 21.5. The standard InChI is InChI=1S/C19H11ClF3N3O3S/c20-18-24-9-13(30-18)10-26-14-6-1-2-7-25(14)16(27)15(17(26)28)11-4-3-5-12(8-11)29-19(21,22)23/h1-9H,10H2/p+1. The highest BCUT2D eigenvalue weighted by molar-refractivity contribution is 7.15. The summed E-state index contributed by atoms with van der Waals surface area (Å²) in [6, 6.07) is 9.85. The third kappa shape index (κ3) is 3.96. The van der Waals surface area contributed by atoms with Gasteiger partial charge in [-0.3, -0.25) is 0 Å². The Labute approximate surface area is 176 Å². The van der Waals surface area contributed by atoms with Crippen molar-refractivity contribution in [3.05, 3.63) is 74.6 Å². The molecule has 0 saturated heterocycles. The van der Waals surface area contributed by atoms with Gasteiger partial charge in [-0.05, 0) is 18.2 Å². The average molecular weight is 455 g/mol. The molecule has 0 bridgehead atoms. The van der Waals surface area contributed by atoms with E-state index in [0.717, 1.165) is 12.1 Å². The summed E-state index contributed by atoms with van der Waals surface area (Å²) in [5.41, 5.74) is -0.294. The van der Waals surface area contributed by atoms with Crippen LogP contribution in [0, 0.1) is 0 Å². The molecule has 0 spiro atoms. The fourth-order valence-corrected chi connectivity index (χ4v) is 4.02. The molecule has 30 heavy (non-hydrogen) atoms. The number of alkyl halides is 3. The number of aromatic nitrogens is 3. The molecule has 6 nitrogen and oxygen atoms in total. The first-order chi connectivity index (χ1) is 14.2. The van der Waals surface area contributed by atoms with E-state index in [0.29, 0.717) is 15.0 Å². The van der Waals surface area contributed by atoms with Crippen molar-refractivity contribution < 1.29 is 27.4 Å². The van der Waals surface area contributed by atoms with Crippen LogP contribution in [0.15, 0.2) is 59.7 Å². The minimum atomic E-state index is -4.88. The molecule has 1 N–H and O–H groups in total. The Morgan fingerprint density at radius 2 is 2.03 bits per heavy atom. The number of hydrogen-bond donors (Lipinski definition) is 1. The second kappa shape index (κ2) is 7.62. The van der Waals surface area contributed by atoms with Crippen LogP contribution in [0.2, 0.25) is 4.47 Å². The van der Waals surface area contributed by atoms with Gasteiger partial charge in [-0.15, -0.1) is 24.5 Å². The molecule has 0 aliphatic rings. The maximum absolute atomic E-state index is 13.1. The van der Waals surface area contributed by atoms with Crippen LogP contribution in [0.3, 0.4) is 0 Å². The minimum Gasteiger partial charge on any atom is -0.477 e. The summed E-state index contributed by atoms with van der Waals surface area (Å²) >= 11 is 7.09. The zero-order valence-corrected chi connectivity index (χ0v) is 16.5. The molecule has 0 fully saturated rings. The van der Waals surface area contributed by atoms with Crippen LogP contribution in [-0.4, -0.2) is 21.0 Å². The third-order valence-electron chi connectivity index (χ3n) is 4.22. The van der Waals surface area contributed by atoms with Crippen LogP contribution < -0.4 is 14.7 Å². The van der Waals surface area contributed by atoms with Gasteiger partial charge >= 0.3 is 11.9 Å². The van der Waals surface area contributed by atoms with Crippen molar-refractivity contribution >= 4 is 28.6 Å². The summed E-state index contributed by atoms with van der Waals surface area (Å²) in [6.45, 7) is 0.149. The SMILES string of the molecule is O=c1c(-c2cccc(OC(F)(F)F)c2)c(O)n(Cc2cnc(Cl)s2)c2cccc[n+]12. The minimum absolute atomic E-state index is 0.0774. The Morgan fingerprint density at radius 1 is 1.23 bits per heavy atom. The summed E-state index contributed by atoms with van der Waals surface area (Å²) in [6.07, 6.45) is -1.83. The van der Waals surface area contributed by atoms with E-state index in [-0.39, 0.29) is 17.7 Å². The van der Waals surface area contributed by atoms with Crippen molar-refractivity contribution in [3.63, 3.8) is 0 Å². The molecule has 0 atom stereocenters. The highest BCUT2D eigenvalue weighted by atomic mass is 35.5. The van der Waals surface area contributed by atoms with Crippen molar-refractivity contribution in [1.29, 1.82) is 0 Å². The second-order valence-electron chi connectivity index (χ2n) is 6.17. The van der Waals surface area contributed by atoms with Crippen molar-refractivity contribution in [2.24, 2.45) is 0 Å². The number of thiazole rings is 1. The fraction of sp³-hybridized carbons (Fsp3) is 0.105. The van der Waals surface area contributed by atoms with Crippen LogP contribution in [0.25, 0.3) is 16.8 Å². The average Bonchev–Trinajstić information content (AvgIpc) is 3.09. The number of rotatable bonds is 4. The number of halogens is 4. The van der Waals surface area contributed by atoms with Crippen molar-refractivity contribution in [2.45, 2.75) is 12.9 Å².